The first-order valence-electron chi connectivity index (χ1n) is 4.74. The predicted molar refractivity (Wildman–Crippen MR) is 50.8 cm³/mol. The number of hydrogen-bond acceptors (Lipinski definition) is 3. The number of methoxy groups -OCH3 is 1. The molecule has 0 aromatic carbocycles. The van der Waals surface area contributed by atoms with E-state index in [2.05, 4.69) is 10.1 Å². The summed E-state index contributed by atoms with van der Waals surface area (Å²) in [5, 5.41) is 2.55. The lowest BCUT2D eigenvalue weighted by Gasteiger charge is -2.20. The maximum atomic E-state index is 11.2. The largest absolute Gasteiger partial charge is 0.453 e. The van der Waals surface area contributed by atoms with Crippen molar-refractivity contribution < 1.29 is 14.3 Å². The number of rotatable bonds is 4. The van der Waals surface area contributed by atoms with Crippen molar-refractivity contribution in [2.75, 3.05) is 20.2 Å². The summed E-state index contributed by atoms with van der Waals surface area (Å²) >= 11 is 0. The van der Waals surface area contributed by atoms with Gasteiger partial charge in [-0.1, -0.05) is 0 Å². The molecule has 0 spiro atoms. The van der Waals surface area contributed by atoms with Crippen LogP contribution in [0.25, 0.3) is 0 Å². The van der Waals surface area contributed by atoms with Crippen molar-refractivity contribution in [2.24, 2.45) is 0 Å². The lowest BCUT2D eigenvalue weighted by molar-refractivity contribution is -0.129. The van der Waals surface area contributed by atoms with Crippen LogP contribution < -0.4 is 5.32 Å². The highest BCUT2D eigenvalue weighted by Crippen LogP contribution is 2.26. The van der Waals surface area contributed by atoms with Crippen molar-refractivity contribution in [3.05, 3.63) is 0 Å². The molecule has 1 rings (SSSR count). The van der Waals surface area contributed by atoms with Gasteiger partial charge in [0.25, 0.3) is 0 Å². The zero-order chi connectivity index (χ0) is 10.6. The number of alkyl carbamates (subject to hydrolysis) is 1. The van der Waals surface area contributed by atoms with Gasteiger partial charge >= 0.3 is 6.09 Å². The van der Waals surface area contributed by atoms with Gasteiger partial charge in [0.1, 0.15) is 0 Å². The lowest BCUT2D eigenvalue weighted by Crippen LogP contribution is -2.38. The first-order chi connectivity index (χ1) is 6.65. The van der Waals surface area contributed by atoms with E-state index in [1.165, 1.54) is 7.11 Å². The Hall–Kier alpha value is -1.26. The van der Waals surface area contributed by atoms with Crippen molar-refractivity contribution in [2.45, 2.75) is 25.8 Å². The maximum Gasteiger partial charge on any atom is 0.406 e. The monoisotopic (exact) mass is 200 g/mol. The average molecular weight is 200 g/mol. The summed E-state index contributed by atoms with van der Waals surface area (Å²) in [5.74, 6) is 0.0687. The normalized spacial score (nSPS) is 14.7. The third-order valence-electron chi connectivity index (χ3n) is 2.20. The van der Waals surface area contributed by atoms with Crippen molar-refractivity contribution >= 4 is 12.0 Å². The smallest absolute Gasteiger partial charge is 0.406 e. The van der Waals surface area contributed by atoms with Gasteiger partial charge in [0.2, 0.25) is 5.91 Å². The molecule has 1 fully saturated rings. The van der Waals surface area contributed by atoms with Gasteiger partial charge in [0.05, 0.1) is 7.11 Å². The number of carbonyl (C=O) groups is 2. The SMILES string of the molecule is COC(=O)NCCN(C(C)=O)C1CC1. The molecule has 0 atom stereocenters. The number of amides is 2. The zero-order valence-electron chi connectivity index (χ0n) is 8.58. The summed E-state index contributed by atoms with van der Waals surface area (Å²) in [6.45, 7) is 2.56. The number of hydrogen-bond donors (Lipinski definition) is 1. The molecule has 1 N–H and O–H groups in total. The molecular weight excluding hydrogens is 184 g/mol. The molecule has 1 aliphatic rings. The van der Waals surface area contributed by atoms with E-state index in [-0.39, 0.29) is 5.91 Å². The Labute approximate surface area is 83.4 Å². The van der Waals surface area contributed by atoms with Gasteiger partial charge in [-0.2, -0.15) is 0 Å². The van der Waals surface area contributed by atoms with Crippen LogP contribution in [0.1, 0.15) is 19.8 Å². The second-order valence-electron chi connectivity index (χ2n) is 3.36. The minimum atomic E-state index is -0.454. The van der Waals surface area contributed by atoms with E-state index in [0.29, 0.717) is 19.1 Å². The van der Waals surface area contributed by atoms with Crippen molar-refractivity contribution in [3.8, 4) is 0 Å². The van der Waals surface area contributed by atoms with E-state index in [4.69, 9.17) is 0 Å². The van der Waals surface area contributed by atoms with Gasteiger partial charge in [-0.15, -0.1) is 0 Å². The van der Waals surface area contributed by atoms with Crippen LogP contribution in [-0.2, 0) is 9.53 Å². The maximum absolute atomic E-state index is 11.2. The van der Waals surface area contributed by atoms with Crippen molar-refractivity contribution in [1.82, 2.24) is 10.2 Å². The molecule has 0 radical (unpaired) electrons. The molecule has 14 heavy (non-hydrogen) atoms. The number of ether oxygens (including phenoxy) is 1. The van der Waals surface area contributed by atoms with Crippen molar-refractivity contribution in [1.29, 1.82) is 0 Å². The van der Waals surface area contributed by atoms with Crippen LogP contribution in [0.15, 0.2) is 0 Å². The minimum absolute atomic E-state index is 0.0687. The Morgan fingerprint density at radius 1 is 1.50 bits per heavy atom. The summed E-state index contributed by atoms with van der Waals surface area (Å²) in [4.78, 5) is 23.7. The molecule has 0 heterocycles. The Bertz CT molecular complexity index is 226. The average Bonchev–Trinajstić information content (AvgIpc) is 2.94. The molecule has 2 amide bonds. The van der Waals surface area contributed by atoms with Gasteiger partial charge < -0.3 is 15.0 Å². The van der Waals surface area contributed by atoms with Crippen LogP contribution in [0.3, 0.4) is 0 Å². The minimum Gasteiger partial charge on any atom is -0.453 e. The number of nitrogens with one attached hydrogen (secondary N) is 1. The van der Waals surface area contributed by atoms with E-state index < -0.39 is 6.09 Å². The van der Waals surface area contributed by atoms with E-state index in [1.807, 2.05) is 0 Å². The van der Waals surface area contributed by atoms with E-state index in [9.17, 15) is 9.59 Å². The summed E-state index contributed by atoms with van der Waals surface area (Å²) in [5.41, 5.74) is 0. The first kappa shape index (κ1) is 10.8. The molecule has 0 aromatic rings. The van der Waals surface area contributed by atoms with Crippen LogP contribution >= 0.6 is 0 Å². The third-order valence-corrected chi connectivity index (χ3v) is 2.20. The van der Waals surface area contributed by atoms with E-state index in [0.717, 1.165) is 12.8 Å². The summed E-state index contributed by atoms with van der Waals surface area (Å²) in [7, 11) is 1.32. The van der Waals surface area contributed by atoms with Crippen LogP contribution in [-0.4, -0.2) is 43.1 Å². The van der Waals surface area contributed by atoms with Crippen LogP contribution in [0.5, 0.6) is 0 Å². The molecule has 80 valence electrons. The third kappa shape index (κ3) is 3.24. The second-order valence-corrected chi connectivity index (χ2v) is 3.36. The predicted octanol–water partition coefficient (Wildman–Crippen LogP) is 0.353. The number of carbonyl (C=O) groups excluding carboxylic acids is 2. The molecule has 0 bridgehead atoms. The molecule has 0 aliphatic heterocycles. The standard InChI is InChI=1S/C9H16N2O3/c1-7(12)11(8-3-4-8)6-5-10-9(13)14-2/h8H,3-6H2,1-2H3,(H,10,13). The Morgan fingerprint density at radius 2 is 2.14 bits per heavy atom. The molecule has 0 unspecified atom stereocenters. The molecule has 5 heteroatoms. The fourth-order valence-corrected chi connectivity index (χ4v) is 1.33. The fourth-order valence-electron chi connectivity index (χ4n) is 1.33. The van der Waals surface area contributed by atoms with Crippen LogP contribution in [0.4, 0.5) is 4.79 Å². The fraction of sp³-hybridized carbons (Fsp3) is 0.778. The van der Waals surface area contributed by atoms with Gasteiger partial charge in [-0.05, 0) is 12.8 Å². The molecule has 0 aromatic heterocycles. The van der Waals surface area contributed by atoms with Gasteiger partial charge in [0.15, 0.2) is 0 Å². The lowest BCUT2D eigenvalue weighted by atomic mass is 10.4. The molecule has 1 saturated carbocycles. The highest BCUT2D eigenvalue weighted by molar-refractivity contribution is 5.74. The topological polar surface area (TPSA) is 58.6 Å². The van der Waals surface area contributed by atoms with Crippen LogP contribution in [0, 0.1) is 0 Å². The highest BCUT2D eigenvalue weighted by atomic mass is 16.5. The molecular formula is C9H16N2O3. The molecule has 0 saturated heterocycles. The quantitative estimate of drug-likeness (QED) is 0.712. The van der Waals surface area contributed by atoms with Gasteiger partial charge in [-0.25, -0.2) is 4.79 Å². The Balaban J connectivity index is 2.20. The number of nitrogens with zero attached hydrogens (tertiary/aromatic N) is 1. The van der Waals surface area contributed by atoms with E-state index >= 15 is 0 Å². The van der Waals surface area contributed by atoms with Crippen LogP contribution in [0.2, 0.25) is 0 Å². The Kier molecular flexibility index (Phi) is 3.73. The van der Waals surface area contributed by atoms with Crippen molar-refractivity contribution in [3.63, 3.8) is 0 Å². The van der Waals surface area contributed by atoms with E-state index in [1.54, 1.807) is 11.8 Å². The summed E-state index contributed by atoms with van der Waals surface area (Å²) in [6, 6.07) is 0.395. The zero-order valence-corrected chi connectivity index (χ0v) is 8.58. The molecule has 1 aliphatic carbocycles. The summed E-state index contributed by atoms with van der Waals surface area (Å²) < 4.78 is 4.42. The Morgan fingerprint density at radius 3 is 2.57 bits per heavy atom. The molecule has 5 nitrogen and oxygen atoms in total. The summed E-state index contributed by atoms with van der Waals surface area (Å²) in [6.07, 6.45) is 1.71. The van der Waals surface area contributed by atoms with Gasteiger partial charge in [-0.3, -0.25) is 4.79 Å². The first-order valence-corrected chi connectivity index (χ1v) is 4.74. The highest BCUT2D eigenvalue weighted by Gasteiger charge is 2.30. The second kappa shape index (κ2) is 4.83. The van der Waals surface area contributed by atoms with Gasteiger partial charge in [0, 0.05) is 26.1 Å².